The van der Waals surface area contributed by atoms with E-state index in [0.717, 1.165) is 49.3 Å². The van der Waals surface area contributed by atoms with E-state index in [1.165, 1.54) is 18.3 Å². The standard InChI is InChI=1S/C27H23F6N3O8S/c1-12(37)40-11-21-24(41-13(2)38)23(36-10-20(34-35-36)15-8-18(28)22(30)19(29)9-15)25(42-14(3)39)26(43-21)45-17-6-4-16(5-7-17)44-27(31,32)33/h4-10,21,23-26H,11H2,1-3H3/t21?,23?,24-,25?,26+/m0/s1. The lowest BCUT2D eigenvalue weighted by Crippen LogP contribution is -2.57. The van der Waals surface area contributed by atoms with Crippen LogP contribution in [0.3, 0.4) is 0 Å². The lowest BCUT2D eigenvalue weighted by atomic mass is 9.96. The number of carbonyl (C=O) groups is 3. The van der Waals surface area contributed by atoms with Gasteiger partial charge in [0, 0.05) is 31.2 Å². The van der Waals surface area contributed by atoms with Gasteiger partial charge in [-0.25, -0.2) is 17.9 Å². The Morgan fingerprint density at radius 3 is 2.09 bits per heavy atom. The Morgan fingerprint density at radius 1 is 0.933 bits per heavy atom. The zero-order valence-electron chi connectivity index (χ0n) is 23.4. The van der Waals surface area contributed by atoms with Gasteiger partial charge in [0.2, 0.25) is 0 Å². The molecule has 2 aromatic carbocycles. The monoisotopic (exact) mass is 663 g/mol. The van der Waals surface area contributed by atoms with Gasteiger partial charge in [0.1, 0.15) is 35.6 Å². The molecule has 0 saturated carbocycles. The molecular formula is C27H23F6N3O8S. The van der Waals surface area contributed by atoms with Crippen molar-refractivity contribution in [2.45, 2.75) is 61.8 Å². The first kappa shape index (κ1) is 33.6. The molecule has 242 valence electrons. The van der Waals surface area contributed by atoms with Crippen molar-refractivity contribution in [3.8, 4) is 17.0 Å². The van der Waals surface area contributed by atoms with Crippen LogP contribution < -0.4 is 4.74 Å². The number of halogens is 6. The molecule has 18 heteroatoms. The molecule has 1 aromatic heterocycles. The smallest absolute Gasteiger partial charge is 0.463 e. The number of aromatic nitrogens is 3. The molecule has 0 amide bonds. The van der Waals surface area contributed by atoms with Crippen LogP contribution >= 0.6 is 11.8 Å². The normalized spacial score (nSPS) is 21.6. The SMILES string of the molecule is CC(=O)OCC1O[C@H](Sc2ccc(OC(F)(F)F)cc2)C(OC(C)=O)C(n2cc(-c3cc(F)c(F)c(F)c3)nn2)[C@H]1OC(C)=O. The zero-order chi connectivity index (χ0) is 33.1. The maximum atomic E-state index is 14.0. The Labute approximate surface area is 254 Å². The lowest BCUT2D eigenvalue weighted by molar-refractivity contribution is -0.274. The van der Waals surface area contributed by atoms with Crippen LogP contribution in [0, 0.1) is 17.5 Å². The summed E-state index contributed by atoms with van der Waals surface area (Å²) >= 11 is 0.888. The van der Waals surface area contributed by atoms with E-state index in [2.05, 4.69) is 15.0 Å². The summed E-state index contributed by atoms with van der Waals surface area (Å²) in [7, 11) is 0. The van der Waals surface area contributed by atoms with Gasteiger partial charge in [-0.15, -0.1) is 18.3 Å². The number of esters is 3. The number of ether oxygens (including phenoxy) is 5. The van der Waals surface area contributed by atoms with Gasteiger partial charge in [0.15, 0.2) is 29.7 Å². The van der Waals surface area contributed by atoms with Crippen LogP contribution in [-0.2, 0) is 33.3 Å². The first-order chi connectivity index (χ1) is 21.1. The molecule has 0 N–H and O–H groups in total. The van der Waals surface area contributed by atoms with E-state index < -0.39 is 83.9 Å². The van der Waals surface area contributed by atoms with Crippen LogP contribution in [0.25, 0.3) is 11.3 Å². The maximum absolute atomic E-state index is 14.0. The number of thioether (sulfide) groups is 1. The molecule has 1 aliphatic heterocycles. The molecule has 2 heterocycles. The van der Waals surface area contributed by atoms with Crippen molar-refractivity contribution < 1.29 is 64.4 Å². The van der Waals surface area contributed by atoms with E-state index in [4.69, 9.17) is 18.9 Å². The fourth-order valence-corrected chi connectivity index (χ4v) is 5.50. The van der Waals surface area contributed by atoms with Crippen molar-refractivity contribution in [2.24, 2.45) is 0 Å². The number of nitrogens with zero attached hydrogens (tertiary/aromatic N) is 3. The second kappa shape index (κ2) is 13.8. The van der Waals surface area contributed by atoms with Crippen molar-refractivity contribution in [1.82, 2.24) is 15.0 Å². The van der Waals surface area contributed by atoms with Gasteiger partial charge < -0.3 is 23.7 Å². The topological polar surface area (TPSA) is 128 Å². The van der Waals surface area contributed by atoms with Gasteiger partial charge in [-0.2, -0.15) is 0 Å². The molecule has 3 unspecified atom stereocenters. The Bertz CT molecular complexity index is 1530. The summed E-state index contributed by atoms with van der Waals surface area (Å²) in [6.07, 6.45) is -7.72. The highest BCUT2D eigenvalue weighted by molar-refractivity contribution is 7.99. The second-order valence-electron chi connectivity index (χ2n) is 9.46. The highest BCUT2D eigenvalue weighted by atomic mass is 32.2. The van der Waals surface area contributed by atoms with Crippen LogP contribution in [0.2, 0.25) is 0 Å². The summed E-state index contributed by atoms with van der Waals surface area (Å²) in [6, 6.07) is 4.71. The average Bonchev–Trinajstić information content (AvgIpc) is 3.41. The van der Waals surface area contributed by atoms with Crippen LogP contribution in [0.1, 0.15) is 26.8 Å². The lowest BCUT2D eigenvalue weighted by Gasteiger charge is -2.44. The van der Waals surface area contributed by atoms with Crippen LogP contribution in [0.4, 0.5) is 26.3 Å². The van der Waals surface area contributed by atoms with Crippen LogP contribution in [0.5, 0.6) is 5.75 Å². The molecule has 0 bridgehead atoms. The third kappa shape index (κ3) is 8.65. The number of benzene rings is 2. The Kier molecular flexibility index (Phi) is 10.3. The summed E-state index contributed by atoms with van der Waals surface area (Å²) in [6.45, 7) is 2.79. The average molecular weight is 664 g/mol. The molecule has 0 spiro atoms. The summed E-state index contributed by atoms with van der Waals surface area (Å²) in [5.74, 6) is -7.55. The molecular weight excluding hydrogens is 640 g/mol. The summed E-state index contributed by atoms with van der Waals surface area (Å²) in [4.78, 5) is 36.4. The molecule has 1 aliphatic rings. The van der Waals surface area contributed by atoms with E-state index in [1.807, 2.05) is 0 Å². The number of alkyl halides is 3. The van der Waals surface area contributed by atoms with Gasteiger partial charge in [-0.1, -0.05) is 17.0 Å². The largest absolute Gasteiger partial charge is 0.573 e. The van der Waals surface area contributed by atoms with Crippen LogP contribution in [-0.4, -0.2) is 69.6 Å². The molecule has 5 atom stereocenters. The second-order valence-corrected chi connectivity index (χ2v) is 10.6. The molecule has 0 aliphatic carbocycles. The van der Waals surface area contributed by atoms with Gasteiger partial charge >= 0.3 is 24.3 Å². The minimum absolute atomic E-state index is 0.150. The number of hydrogen-bond acceptors (Lipinski definition) is 11. The number of carbonyl (C=O) groups excluding carboxylic acids is 3. The summed E-state index contributed by atoms with van der Waals surface area (Å²) in [5.41, 5.74) is -1.56. The zero-order valence-corrected chi connectivity index (χ0v) is 24.2. The van der Waals surface area contributed by atoms with Crippen LogP contribution in [0.15, 0.2) is 47.5 Å². The minimum atomic E-state index is -4.92. The highest BCUT2D eigenvalue weighted by Crippen LogP contribution is 2.42. The summed E-state index contributed by atoms with van der Waals surface area (Å²) < 4.78 is 107. The first-order valence-corrected chi connectivity index (χ1v) is 13.7. The fraction of sp³-hybridized carbons (Fsp3) is 0.370. The van der Waals surface area contributed by atoms with E-state index in [9.17, 15) is 40.7 Å². The van der Waals surface area contributed by atoms with Gasteiger partial charge in [-0.05, 0) is 36.4 Å². The Hall–Kier alpha value is -4.32. The summed E-state index contributed by atoms with van der Waals surface area (Å²) in [5, 5.41) is 7.87. The van der Waals surface area contributed by atoms with E-state index in [-0.39, 0.29) is 11.3 Å². The Balaban J connectivity index is 1.77. The first-order valence-electron chi connectivity index (χ1n) is 12.8. The quantitative estimate of drug-likeness (QED) is 0.136. The minimum Gasteiger partial charge on any atom is -0.463 e. The predicted molar refractivity (Wildman–Crippen MR) is 140 cm³/mol. The third-order valence-corrected chi connectivity index (χ3v) is 7.23. The van der Waals surface area contributed by atoms with Gasteiger partial charge in [0.25, 0.3) is 0 Å². The molecule has 45 heavy (non-hydrogen) atoms. The molecule has 1 saturated heterocycles. The maximum Gasteiger partial charge on any atom is 0.573 e. The molecule has 4 rings (SSSR count). The van der Waals surface area contributed by atoms with Gasteiger partial charge in [0.05, 0.1) is 6.20 Å². The van der Waals surface area contributed by atoms with Crippen molar-refractivity contribution in [3.63, 3.8) is 0 Å². The number of hydrogen-bond donors (Lipinski definition) is 0. The predicted octanol–water partition coefficient (Wildman–Crippen LogP) is 4.75. The Morgan fingerprint density at radius 2 is 1.53 bits per heavy atom. The van der Waals surface area contributed by atoms with Crippen molar-refractivity contribution in [2.75, 3.05) is 6.61 Å². The number of rotatable bonds is 9. The van der Waals surface area contributed by atoms with Crippen molar-refractivity contribution in [1.29, 1.82) is 0 Å². The third-order valence-electron chi connectivity index (χ3n) is 6.08. The molecule has 3 aromatic rings. The highest BCUT2D eigenvalue weighted by Gasteiger charge is 2.52. The van der Waals surface area contributed by atoms with E-state index in [0.29, 0.717) is 17.0 Å². The van der Waals surface area contributed by atoms with Crippen molar-refractivity contribution >= 4 is 29.7 Å². The van der Waals surface area contributed by atoms with E-state index >= 15 is 0 Å². The van der Waals surface area contributed by atoms with Crippen molar-refractivity contribution in [3.05, 3.63) is 60.0 Å². The molecule has 0 radical (unpaired) electrons. The van der Waals surface area contributed by atoms with E-state index in [1.54, 1.807) is 0 Å². The fourth-order valence-electron chi connectivity index (χ4n) is 4.39. The molecule has 1 fully saturated rings. The molecule has 11 nitrogen and oxygen atoms in total. The van der Waals surface area contributed by atoms with Gasteiger partial charge in [-0.3, -0.25) is 14.4 Å².